The Morgan fingerprint density at radius 2 is 1.90 bits per heavy atom. The number of ether oxygens (including phenoxy) is 2. The van der Waals surface area contributed by atoms with Crippen LogP contribution in [0.15, 0.2) is 48.7 Å². The number of amides is 1. The van der Waals surface area contributed by atoms with Gasteiger partial charge in [-0.15, -0.1) is 0 Å². The molecule has 0 saturated carbocycles. The van der Waals surface area contributed by atoms with Gasteiger partial charge in [-0.25, -0.2) is 4.79 Å². The van der Waals surface area contributed by atoms with E-state index in [1.807, 2.05) is 55.7 Å². The number of benzene rings is 2. The number of thioether (sulfide) groups is 1. The highest BCUT2D eigenvalue weighted by Gasteiger charge is 2.23. The van der Waals surface area contributed by atoms with Gasteiger partial charge < -0.3 is 14.8 Å². The Morgan fingerprint density at radius 3 is 2.55 bits per heavy atom. The zero-order chi connectivity index (χ0) is 21.2. The third kappa shape index (κ3) is 6.12. The maximum atomic E-state index is 13.1. The molecule has 1 atom stereocenters. The Labute approximate surface area is 176 Å². The summed E-state index contributed by atoms with van der Waals surface area (Å²) in [5.74, 6) is -0.00245. The van der Waals surface area contributed by atoms with Crippen LogP contribution in [-0.4, -0.2) is 44.1 Å². The van der Waals surface area contributed by atoms with Gasteiger partial charge >= 0.3 is 5.97 Å². The maximum Gasteiger partial charge on any atom is 0.328 e. The molecule has 0 saturated heterocycles. The molecule has 0 heterocycles. The van der Waals surface area contributed by atoms with Gasteiger partial charge in [0.15, 0.2) is 0 Å². The molecule has 154 valence electrons. The van der Waals surface area contributed by atoms with E-state index in [-0.39, 0.29) is 5.91 Å². The van der Waals surface area contributed by atoms with Gasteiger partial charge in [-0.1, -0.05) is 30.3 Å². The highest BCUT2D eigenvalue weighted by molar-refractivity contribution is 7.98. The lowest BCUT2D eigenvalue weighted by Gasteiger charge is -2.18. The number of nitrogens with one attached hydrogen (secondary N) is 1. The molecule has 0 unspecified atom stereocenters. The van der Waals surface area contributed by atoms with Gasteiger partial charge in [0.1, 0.15) is 6.04 Å². The summed E-state index contributed by atoms with van der Waals surface area (Å²) in [5, 5.41) is 2.84. The molecule has 0 fully saturated rings. The Bertz CT molecular complexity index is 879. The van der Waals surface area contributed by atoms with Crippen molar-refractivity contribution in [3.8, 4) is 11.1 Å². The van der Waals surface area contributed by atoms with Crippen LogP contribution in [-0.2, 0) is 14.3 Å². The molecule has 6 heteroatoms. The molecule has 29 heavy (non-hydrogen) atoms. The summed E-state index contributed by atoms with van der Waals surface area (Å²) < 4.78 is 9.87. The Morgan fingerprint density at radius 1 is 1.14 bits per heavy atom. The van der Waals surface area contributed by atoms with Gasteiger partial charge in [0.25, 0.3) is 5.91 Å². The lowest BCUT2D eigenvalue weighted by Crippen LogP contribution is -2.42. The van der Waals surface area contributed by atoms with Crippen molar-refractivity contribution in [2.45, 2.75) is 19.4 Å². The summed E-state index contributed by atoms with van der Waals surface area (Å²) in [6.07, 6.45) is 5.89. The molecule has 2 aromatic carbocycles. The number of hydrogen-bond donors (Lipinski definition) is 1. The molecule has 1 amide bonds. The van der Waals surface area contributed by atoms with E-state index < -0.39 is 12.0 Å². The molecular formula is C23H27NO4S. The number of hydrogen-bond acceptors (Lipinski definition) is 5. The number of aryl methyl sites for hydroxylation is 1. The van der Waals surface area contributed by atoms with Gasteiger partial charge in [-0.2, -0.15) is 11.8 Å². The topological polar surface area (TPSA) is 64.6 Å². The molecule has 0 aliphatic heterocycles. The summed E-state index contributed by atoms with van der Waals surface area (Å²) in [7, 11) is 2.92. The highest BCUT2D eigenvalue weighted by Crippen LogP contribution is 2.28. The predicted molar refractivity (Wildman–Crippen MR) is 119 cm³/mol. The van der Waals surface area contributed by atoms with Gasteiger partial charge in [-0.05, 0) is 65.8 Å². The van der Waals surface area contributed by atoms with E-state index in [0.29, 0.717) is 12.0 Å². The molecule has 0 spiro atoms. The zero-order valence-electron chi connectivity index (χ0n) is 17.2. The van der Waals surface area contributed by atoms with E-state index in [1.165, 1.54) is 7.11 Å². The quantitative estimate of drug-likeness (QED) is 0.490. The third-order valence-corrected chi connectivity index (χ3v) is 5.17. The van der Waals surface area contributed by atoms with Crippen LogP contribution < -0.4 is 5.32 Å². The summed E-state index contributed by atoms with van der Waals surface area (Å²) in [6.45, 7) is 2.00. The number of carbonyl (C=O) groups excluding carboxylic acids is 2. The summed E-state index contributed by atoms with van der Waals surface area (Å²) in [6, 6.07) is 12.8. The summed E-state index contributed by atoms with van der Waals surface area (Å²) >= 11 is 1.61. The molecule has 0 bridgehead atoms. The summed E-state index contributed by atoms with van der Waals surface area (Å²) in [5.41, 5.74) is 4.23. The normalized spacial score (nSPS) is 11.9. The van der Waals surface area contributed by atoms with E-state index in [2.05, 4.69) is 5.32 Å². The fourth-order valence-corrected chi connectivity index (χ4v) is 3.44. The molecule has 2 aromatic rings. The van der Waals surface area contributed by atoms with E-state index >= 15 is 0 Å². The zero-order valence-corrected chi connectivity index (χ0v) is 18.0. The van der Waals surface area contributed by atoms with Gasteiger partial charge in [0, 0.05) is 5.56 Å². The average molecular weight is 414 g/mol. The van der Waals surface area contributed by atoms with Crippen LogP contribution in [0.3, 0.4) is 0 Å². The second kappa shape index (κ2) is 11.3. The van der Waals surface area contributed by atoms with Gasteiger partial charge in [-0.3, -0.25) is 4.79 Å². The number of rotatable bonds is 9. The van der Waals surface area contributed by atoms with Crippen LogP contribution in [0.2, 0.25) is 0 Å². The van der Waals surface area contributed by atoms with E-state index in [4.69, 9.17) is 9.47 Å². The Balaban J connectivity index is 2.44. The Hall–Kier alpha value is -2.73. The number of esters is 1. The molecule has 0 aliphatic rings. The second-order valence-corrected chi connectivity index (χ2v) is 7.47. The molecule has 1 N–H and O–H groups in total. The van der Waals surface area contributed by atoms with Crippen molar-refractivity contribution in [1.29, 1.82) is 0 Å². The van der Waals surface area contributed by atoms with Crippen molar-refractivity contribution in [3.63, 3.8) is 0 Å². The van der Waals surface area contributed by atoms with E-state index in [0.717, 1.165) is 28.0 Å². The van der Waals surface area contributed by atoms with Crippen molar-refractivity contribution >= 4 is 29.7 Å². The van der Waals surface area contributed by atoms with Crippen molar-refractivity contribution < 1.29 is 19.1 Å². The standard InChI is InChI=1S/C23H27NO4S/c1-16-7-5-6-8-18(16)20-15-17(11-13-27-2)9-10-19(20)22(25)24-21(12-14-29-4)23(26)28-3/h5-11,13,15,21H,12,14H2,1-4H3,(H,24,25)/b13-11+/t21-/m0/s1. The first-order chi connectivity index (χ1) is 14.0. The van der Waals surface area contributed by atoms with Crippen molar-refractivity contribution in [1.82, 2.24) is 5.32 Å². The van der Waals surface area contributed by atoms with Gasteiger partial charge in [0.2, 0.25) is 0 Å². The van der Waals surface area contributed by atoms with Crippen LogP contribution in [0.4, 0.5) is 0 Å². The van der Waals surface area contributed by atoms with E-state index in [1.54, 1.807) is 31.2 Å². The van der Waals surface area contributed by atoms with E-state index in [9.17, 15) is 9.59 Å². The third-order valence-electron chi connectivity index (χ3n) is 4.52. The van der Waals surface area contributed by atoms with Crippen LogP contribution in [0, 0.1) is 6.92 Å². The molecule has 2 rings (SSSR count). The lowest BCUT2D eigenvalue weighted by molar-refractivity contribution is -0.142. The van der Waals surface area contributed by atoms with Crippen LogP contribution in [0.25, 0.3) is 17.2 Å². The lowest BCUT2D eigenvalue weighted by atomic mass is 9.93. The van der Waals surface area contributed by atoms with Crippen LogP contribution >= 0.6 is 11.8 Å². The van der Waals surface area contributed by atoms with Crippen molar-refractivity contribution in [3.05, 3.63) is 65.4 Å². The van der Waals surface area contributed by atoms with Crippen molar-refractivity contribution in [2.24, 2.45) is 0 Å². The first kappa shape index (κ1) is 22.6. The number of methoxy groups -OCH3 is 2. The molecule has 0 radical (unpaired) electrons. The fraction of sp³-hybridized carbons (Fsp3) is 0.304. The maximum absolute atomic E-state index is 13.1. The Kier molecular flexibility index (Phi) is 8.80. The molecular weight excluding hydrogens is 386 g/mol. The van der Waals surface area contributed by atoms with Crippen LogP contribution in [0.5, 0.6) is 0 Å². The van der Waals surface area contributed by atoms with Gasteiger partial charge in [0.05, 0.1) is 20.5 Å². The largest absolute Gasteiger partial charge is 0.504 e. The molecule has 0 aromatic heterocycles. The smallest absolute Gasteiger partial charge is 0.328 e. The first-order valence-electron chi connectivity index (χ1n) is 9.28. The minimum absolute atomic E-state index is 0.304. The second-order valence-electron chi connectivity index (χ2n) is 6.49. The average Bonchev–Trinajstić information content (AvgIpc) is 2.74. The fourth-order valence-electron chi connectivity index (χ4n) is 2.97. The summed E-state index contributed by atoms with van der Waals surface area (Å²) in [4.78, 5) is 25.2. The predicted octanol–water partition coefficient (Wildman–Crippen LogP) is 4.30. The van der Waals surface area contributed by atoms with Crippen LogP contribution in [0.1, 0.15) is 27.9 Å². The highest BCUT2D eigenvalue weighted by atomic mass is 32.2. The first-order valence-corrected chi connectivity index (χ1v) is 10.7. The minimum Gasteiger partial charge on any atom is -0.504 e. The minimum atomic E-state index is -0.683. The molecule has 0 aliphatic carbocycles. The monoisotopic (exact) mass is 413 g/mol. The SMILES string of the molecule is CO/C=C/c1ccc(C(=O)N[C@@H](CCSC)C(=O)OC)c(-c2ccccc2C)c1. The number of carbonyl (C=O) groups is 2. The molecule has 5 nitrogen and oxygen atoms in total. The van der Waals surface area contributed by atoms with Crippen molar-refractivity contribution in [2.75, 3.05) is 26.2 Å².